The summed E-state index contributed by atoms with van der Waals surface area (Å²) in [5, 5.41) is 22.2. The Balaban J connectivity index is 2.07. The maximum atomic E-state index is 11.7. The third-order valence-corrected chi connectivity index (χ3v) is 4.01. The monoisotopic (exact) mass is 390 g/mol. The number of aliphatic carboxylic acids is 1. The van der Waals surface area contributed by atoms with Crippen molar-refractivity contribution in [2.75, 3.05) is 12.3 Å². The number of oxime groups is 1. The summed E-state index contributed by atoms with van der Waals surface area (Å²) in [7, 11) is 0. The Morgan fingerprint density at radius 2 is 2.00 bits per heavy atom. The standard InChI is InChI=1S/C17H18N4O5S/c1-9(18)11-3-5-12(6-4-11)25-7-14(16(23)24)26-21-15(10(2)22)13-8-27-17(19)20-13/h3-6,8,14,18H,7H2,1-2H3,(H2,19,20)(H,23,24)/b18-9?,21-15+/t14-/m0/s1. The Kier molecular flexibility index (Phi) is 6.61. The van der Waals surface area contributed by atoms with E-state index in [0.717, 1.165) is 16.9 Å². The largest absolute Gasteiger partial charge is 0.489 e. The molecule has 1 aromatic carbocycles. The fraction of sp³-hybridized carbons (Fsp3) is 0.235. The molecular formula is C17H18N4O5S. The summed E-state index contributed by atoms with van der Waals surface area (Å²) in [4.78, 5) is 32.0. The molecule has 0 saturated carbocycles. The van der Waals surface area contributed by atoms with E-state index in [9.17, 15) is 14.7 Å². The first-order valence-electron chi connectivity index (χ1n) is 7.75. The van der Waals surface area contributed by atoms with Gasteiger partial charge in [0, 0.05) is 18.0 Å². The molecule has 1 heterocycles. The number of Topliss-reactive ketones (excluding diaryl/α,β-unsaturated/α-hetero) is 1. The minimum atomic E-state index is -1.43. The highest BCUT2D eigenvalue weighted by atomic mass is 32.1. The Hall–Kier alpha value is -3.27. The maximum absolute atomic E-state index is 11.7. The molecule has 0 spiro atoms. The van der Waals surface area contributed by atoms with E-state index < -0.39 is 17.9 Å². The number of carboxylic acids is 1. The van der Waals surface area contributed by atoms with Crippen LogP contribution in [0.15, 0.2) is 34.8 Å². The van der Waals surface area contributed by atoms with Gasteiger partial charge in [0.15, 0.2) is 16.6 Å². The summed E-state index contributed by atoms with van der Waals surface area (Å²) < 4.78 is 5.40. The van der Waals surface area contributed by atoms with Crippen LogP contribution in [0.2, 0.25) is 0 Å². The number of ketones is 1. The zero-order valence-corrected chi connectivity index (χ0v) is 15.4. The molecule has 27 heavy (non-hydrogen) atoms. The number of rotatable bonds is 9. The lowest BCUT2D eigenvalue weighted by atomic mass is 10.1. The first kappa shape index (κ1) is 20.0. The molecule has 0 aliphatic rings. The third-order valence-electron chi connectivity index (χ3n) is 3.33. The summed E-state index contributed by atoms with van der Waals surface area (Å²) in [6, 6.07) is 6.61. The number of hydrogen-bond acceptors (Lipinski definition) is 9. The number of carbonyl (C=O) groups excluding carboxylic acids is 1. The quantitative estimate of drug-likeness (QED) is 0.438. The molecular weight excluding hydrogens is 372 g/mol. The van der Waals surface area contributed by atoms with Crippen LogP contribution in [-0.2, 0) is 14.4 Å². The van der Waals surface area contributed by atoms with Gasteiger partial charge in [0.05, 0.1) is 0 Å². The molecule has 2 rings (SSSR count). The van der Waals surface area contributed by atoms with E-state index in [4.69, 9.17) is 20.7 Å². The van der Waals surface area contributed by atoms with Crippen molar-refractivity contribution in [1.29, 1.82) is 5.41 Å². The van der Waals surface area contributed by atoms with Crippen molar-refractivity contribution in [3.05, 3.63) is 40.9 Å². The molecule has 2 aromatic rings. The lowest BCUT2D eigenvalue weighted by Crippen LogP contribution is -2.30. The predicted molar refractivity (Wildman–Crippen MR) is 101 cm³/mol. The zero-order valence-electron chi connectivity index (χ0n) is 14.6. The number of hydrogen-bond donors (Lipinski definition) is 3. The summed E-state index contributed by atoms with van der Waals surface area (Å²) >= 11 is 1.12. The van der Waals surface area contributed by atoms with Crippen LogP contribution in [-0.4, -0.2) is 46.0 Å². The van der Waals surface area contributed by atoms with Gasteiger partial charge in [-0.1, -0.05) is 5.16 Å². The molecule has 0 amide bonds. The maximum Gasteiger partial charge on any atom is 0.351 e. The number of nitrogens with zero attached hydrogens (tertiary/aromatic N) is 2. The summed E-state index contributed by atoms with van der Waals surface area (Å²) in [6.07, 6.45) is -1.43. The molecule has 0 aliphatic heterocycles. The summed E-state index contributed by atoms with van der Waals surface area (Å²) in [5.41, 5.74) is 6.76. The Bertz CT molecular complexity index is 876. The summed E-state index contributed by atoms with van der Waals surface area (Å²) in [6.45, 7) is 2.59. The van der Waals surface area contributed by atoms with Crippen LogP contribution in [0.3, 0.4) is 0 Å². The van der Waals surface area contributed by atoms with Gasteiger partial charge in [-0.05, 0) is 36.8 Å². The molecule has 4 N–H and O–H groups in total. The van der Waals surface area contributed by atoms with Crippen molar-refractivity contribution < 1.29 is 24.3 Å². The van der Waals surface area contributed by atoms with Crippen LogP contribution in [0.25, 0.3) is 0 Å². The Morgan fingerprint density at radius 3 is 2.48 bits per heavy atom. The normalized spacial score (nSPS) is 12.3. The van der Waals surface area contributed by atoms with Crippen LogP contribution in [0.4, 0.5) is 5.13 Å². The molecule has 1 atom stereocenters. The van der Waals surface area contributed by atoms with Crippen molar-refractivity contribution >= 4 is 39.6 Å². The highest BCUT2D eigenvalue weighted by Gasteiger charge is 2.22. The fourth-order valence-electron chi connectivity index (χ4n) is 1.92. The average Bonchev–Trinajstić information content (AvgIpc) is 3.03. The lowest BCUT2D eigenvalue weighted by Gasteiger charge is -2.13. The Labute approximate surface area is 158 Å². The summed E-state index contributed by atoms with van der Waals surface area (Å²) in [5.74, 6) is -1.33. The second-order valence-electron chi connectivity index (χ2n) is 5.46. The van der Waals surface area contributed by atoms with E-state index in [1.165, 1.54) is 12.3 Å². The third kappa shape index (κ3) is 5.61. The van der Waals surface area contributed by atoms with Crippen LogP contribution < -0.4 is 10.5 Å². The molecule has 0 saturated heterocycles. The molecule has 9 nitrogen and oxygen atoms in total. The van der Waals surface area contributed by atoms with Crippen LogP contribution in [0.5, 0.6) is 5.75 Å². The molecule has 142 valence electrons. The van der Waals surface area contributed by atoms with Crippen molar-refractivity contribution in [1.82, 2.24) is 4.98 Å². The minimum absolute atomic E-state index is 0.125. The number of ether oxygens (including phenoxy) is 1. The van der Waals surface area contributed by atoms with E-state index in [1.807, 2.05) is 0 Å². The lowest BCUT2D eigenvalue weighted by molar-refractivity contribution is -0.152. The molecule has 0 unspecified atom stereocenters. The molecule has 0 aliphatic carbocycles. The van der Waals surface area contributed by atoms with E-state index in [-0.39, 0.29) is 23.1 Å². The van der Waals surface area contributed by atoms with Gasteiger partial charge >= 0.3 is 5.97 Å². The second kappa shape index (κ2) is 8.90. The molecule has 1 aromatic heterocycles. The highest BCUT2D eigenvalue weighted by Crippen LogP contribution is 2.15. The van der Waals surface area contributed by atoms with Gasteiger partial charge in [-0.3, -0.25) is 4.79 Å². The number of benzene rings is 1. The molecule has 10 heteroatoms. The van der Waals surface area contributed by atoms with Gasteiger partial charge in [-0.2, -0.15) is 0 Å². The molecule has 0 bridgehead atoms. The first-order chi connectivity index (χ1) is 12.8. The fourth-order valence-corrected chi connectivity index (χ4v) is 2.47. The average molecular weight is 390 g/mol. The number of nitrogen functional groups attached to an aromatic ring is 1. The van der Waals surface area contributed by atoms with Crippen molar-refractivity contribution in [2.45, 2.75) is 20.0 Å². The van der Waals surface area contributed by atoms with Gasteiger partial charge in [-0.15, -0.1) is 11.3 Å². The van der Waals surface area contributed by atoms with Gasteiger partial charge < -0.3 is 25.8 Å². The van der Waals surface area contributed by atoms with E-state index in [2.05, 4.69) is 10.1 Å². The zero-order chi connectivity index (χ0) is 20.0. The predicted octanol–water partition coefficient (Wildman–Crippen LogP) is 1.95. The number of thiazole rings is 1. The number of nitrogens with two attached hydrogens (primary N) is 1. The van der Waals surface area contributed by atoms with Crippen molar-refractivity contribution in [3.8, 4) is 5.75 Å². The van der Waals surface area contributed by atoms with Gasteiger partial charge in [0.2, 0.25) is 0 Å². The van der Waals surface area contributed by atoms with Gasteiger partial charge in [-0.25, -0.2) is 9.78 Å². The number of anilines is 1. The van der Waals surface area contributed by atoms with Crippen molar-refractivity contribution in [3.63, 3.8) is 0 Å². The van der Waals surface area contributed by atoms with Gasteiger partial charge in [0.1, 0.15) is 18.1 Å². The van der Waals surface area contributed by atoms with E-state index in [1.54, 1.807) is 31.2 Å². The van der Waals surface area contributed by atoms with Crippen LogP contribution in [0.1, 0.15) is 25.1 Å². The number of carboxylic acid groups (broad SMARTS) is 1. The highest BCUT2D eigenvalue weighted by molar-refractivity contribution is 7.13. The van der Waals surface area contributed by atoms with Crippen molar-refractivity contribution in [2.24, 2.45) is 5.16 Å². The SMILES string of the molecule is CC(=N)c1ccc(OC[C@H](O/N=C(\C(C)=O)c2csc(N)n2)C(=O)O)cc1. The second-order valence-corrected chi connectivity index (χ2v) is 6.35. The number of aromatic nitrogens is 1. The van der Waals surface area contributed by atoms with Crippen LogP contribution in [0, 0.1) is 5.41 Å². The number of carbonyl (C=O) groups is 2. The van der Waals surface area contributed by atoms with Gasteiger partial charge in [0.25, 0.3) is 6.10 Å². The Morgan fingerprint density at radius 1 is 1.33 bits per heavy atom. The van der Waals surface area contributed by atoms with Crippen LogP contribution >= 0.6 is 11.3 Å². The topological polar surface area (TPSA) is 148 Å². The molecule has 0 radical (unpaired) electrons. The smallest absolute Gasteiger partial charge is 0.351 e. The van der Waals surface area contributed by atoms with E-state index in [0.29, 0.717) is 11.5 Å². The first-order valence-corrected chi connectivity index (χ1v) is 8.63. The molecule has 0 fully saturated rings. The minimum Gasteiger partial charge on any atom is -0.489 e. The van der Waals surface area contributed by atoms with E-state index >= 15 is 0 Å². The number of nitrogens with one attached hydrogen (secondary N) is 1.